The number of para-hydroxylation sites is 1. The molecule has 2 aliphatic heterocycles. The number of nitrogens with zero attached hydrogens (tertiary/aromatic N) is 4. The molecule has 11 nitrogen and oxygen atoms in total. The van der Waals surface area contributed by atoms with Gasteiger partial charge < -0.3 is 14.4 Å². The highest BCUT2D eigenvalue weighted by Gasteiger charge is 2.31. The first-order chi connectivity index (χ1) is 20.3. The number of amides is 3. The third-order valence-electron chi connectivity index (χ3n) is 8.15. The first-order valence-electron chi connectivity index (χ1n) is 14.6. The Balaban J connectivity index is 1.12. The van der Waals surface area contributed by atoms with Crippen molar-refractivity contribution < 1.29 is 23.9 Å². The Kier molecular flexibility index (Phi) is 9.38. The van der Waals surface area contributed by atoms with Crippen molar-refractivity contribution in [2.45, 2.75) is 50.9 Å². The van der Waals surface area contributed by atoms with Crippen molar-refractivity contribution in [1.29, 1.82) is 0 Å². The molecule has 2 atom stereocenters. The van der Waals surface area contributed by atoms with E-state index in [2.05, 4.69) is 10.2 Å². The molecule has 0 bridgehead atoms. The molecule has 2 aromatic carbocycles. The van der Waals surface area contributed by atoms with Crippen LogP contribution in [0, 0.1) is 0 Å². The van der Waals surface area contributed by atoms with Crippen LogP contribution < -0.4 is 11.0 Å². The Morgan fingerprint density at radius 2 is 1.93 bits per heavy atom. The van der Waals surface area contributed by atoms with Gasteiger partial charge in [0.15, 0.2) is 0 Å². The summed E-state index contributed by atoms with van der Waals surface area (Å²) >= 11 is 0. The maximum Gasteiger partial charge on any atom is 0.409 e. The van der Waals surface area contributed by atoms with E-state index in [1.165, 1.54) is 4.57 Å². The zero-order valence-electron chi connectivity index (χ0n) is 24.3. The van der Waals surface area contributed by atoms with Gasteiger partial charge in [0, 0.05) is 40.2 Å². The first kappa shape index (κ1) is 29.5. The third kappa shape index (κ3) is 6.74. The molecule has 1 unspecified atom stereocenters. The molecule has 11 heteroatoms. The van der Waals surface area contributed by atoms with Crippen LogP contribution in [0.4, 0.5) is 4.79 Å². The fraction of sp³-hybridized carbons (Fsp3) is 0.484. The van der Waals surface area contributed by atoms with Crippen LogP contribution in [0.2, 0.25) is 0 Å². The Labute approximate surface area is 245 Å². The van der Waals surface area contributed by atoms with Crippen LogP contribution in [0.25, 0.3) is 11.0 Å². The molecule has 5 rings (SSSR count). The van der Waals surface area contributed by atoms with Gasteiger partial charge >= 0.3 is 11.8 Å². The number of aromatic nitrogens is 2. The third-order valence-corrected chi connectivity index (χ3v) is 8.15. The second-order valence-electron chi connectivity index (χ2n) is 11.1. The highest BCUT2D eigenvalue weighted by atomic mass is 16.6. The minimum absolute atomic E-state index is 0.0370. The molecule has 2 aliphatic rings. The zero-order valence-corrected chi connectivity index (χ0v) is 24.3. The quantitative estimate of drug-likeness (QED) is 0.369. The molecule has 3 amide bonds. The molecule has 224 valence electrons. The van der Waals surface area contributed by atoms with E-state index in [4.69, 9.17) is 9.47 Å². The Bertz CT molecular complexity index is 1480. The number of rotatable bonds is 10. The van der Waals surface area contributed by atoms with E-state index < -0.39 is 11.9 Å². The van der Waals surface area contributed by atoms with Gasteiger partial charge in [-0.05, 0) is 49.4 Å². The number of piperidine rings is 1. The normalized spacial score (nSPS) is 19.6. The summed E-state index contributed by atoms with van der Waals surface area (Å²) in [5.74, 6) is -0.729. The SMILES string of the molecule is CN(CC[C@@H]1CN(CCCc2cccc3c2n(C)c(=O)n3C2CCC(=O)NC2=O)CCO1)C(=O)OCc1ccccc1. The molecular formula is C31H39N5O6. The van der Waals surface area contributed by atoms with Crippen molar-refractivity contribution in [3.05, 3.63) is 70.1 Å². The lowest BCUT2D eigenvalue weighted by Crippen LogP contribution is -2.44. The fourth-order valence-corrected chi connectivity index (χ4v) is 5.86. The van der Waals surface area contributed by atoms with Crippen LogP contribution in [-0.2, 0) is 39.1 Å². The number of aryl methyl sites for hydroxylation is 2. The highest BCUT2D eigenvalue weighted by Crippen LogP contribution is 2.25. The molecule has 0 saturated carbocycles. The van der Waals surface area contributed by atoms with E-state index in [0.29, 0.717) is 25.1 Å². The van der Waals surface area contributed by atoms with Gasteiger partial charge in [-0.25, -0.2) is 9.59 Å². The van der Waals surface area contributed by atoms with E-state index in [9.17, 15) is 19.2 Å². The molecule has 3 heterocycles. The summed E-state index contributed by atoms with van der Waals surface area (Å²) < 4.78 is 14.5. The molecule has 1 aromatic heterocycles. The summed E-state index contributed by atoms with van der Waals surface area (Å²) in [7, 11) is 3.48. The standard InChI is InChI=1S/C31H39N5O6/c1-33(31(40)42-21-22-8-4-3-5-9-22)17-15-24-20-35(18-19-41-24)16-7-11-23-10-6-12-25-28(23)34(2)30(39)36(25)26-13-14-27(37)32-29(26)38/h3-6,8-10,12,24,26H,7,11,13-21H2,1-2H3,(H,32,37,38)/t24-,26?/m1/s1. The van der Waals surface area contributed by atoms with Gasteiger partial charge in [-0.15, -0.1) is 0 Å². The number of carbonyl (C=O) groups excluding carboxylic acids is 3. The second kappa shape index (κ2) is 13.3. The summed E-state index contributed by atoms with van der Waals surface area (Å²) in [5.41, 5.74) is 3.30. The predicted octanol–water partition coefficient (Wildman–Crippen LogP) is 2.61. The second-order valence-corrected chi connectivity index (χ2v) is 11.1. The van der Waals surface area contributed by atoms with E-state index in [0.717, 1.165) is 55.5 Å². The van der Waals surface area contributed by atoms with Crippen LogP contribution >= 0.6 is 0 Å². The van der Waals surface area contributed by atoms with Crippen LogP contribution in [0.1, 0.15) is 42.9 Å². The number of hydrogen-bond acceptors (Lipinski definition) is 7. The number of benzene rings is 2. The Hall–Kier alpha value is -3.96. The molecule has 0 spiro atoms. The minimum Gasteiger partial charge on any atom is -0.445 e. The van der Waals surface area contributed by atoms with Gasteiger partial charge in [-0.3, -0.25) is 28.9 Å². The Morgan fingerprint density at radius 3 is 2.71 bits per heavy atom. The molecule has 1 N–H and O–H groups in total. The number of fused-ring (bicyclic) bond motifs is 1. The number of hydrogen-bond donors (Lipinski definition) is 1. The molecule has 2 fully saturated rings. The number of imidazole rings is 1. The minimum atomic E-state index is -0.691. The first-order valence-corrected chi connectivity index (χ1v) is 14.6. The number of ether oxygens (including phenoxy) is 2. The summed E-state index contributed by atoms with van der Waals surface area (Å²) in [5, 5.41) is 2.36. The molecule has 42 heavy (non-hydrogen) atoms. The van der Waals surface area contributed by atoms with Crippen molar-refractivity contribution in [3.8, 4) is 0 Å². The Morgan fingerprint density at radius 1 is 1.12 bits per heavy atom. The van der Waals surface area contributed by atoms with Gasteiger partial charge in [0.1, 0.15) is 12.6 Å². The van der Waals surface area contributed by atoms with Gasteiger partial charge in [0.25, 0.3) is 0 Å². The van der Waals surface area contributed by atoms with Crippen molar-refractivity contribution in [1.82, 2.24) is 24.3 Å². The van der Waals surface area contributed by atoms with E-state index in [1.54, 1.807) is 23.6 Å². The average Bonchev–Trinajstić information content (AvgIpc) is 3.25. The van der Waals surface area contributed by atoms with E-state index in [-0.39, 0.29) is 36.8 Å². The molecular weight excluding hydrogens is 538 g/mol. The lowest BCUT2D eigenvalue weighted by atomic mass is 10.0. The molecule has 3 aromatic rings. The smallest absolute Gasteiger partial charge is 0.409 e. The zero-order chi connectivity index (χ0) is 29.6. The van der Waals surface area contributed by atoms with Gasteiger partial charge in [0.2, 0.25) is 11.8 Å². The van der Waals surface area contributed by atoms with Crippen molar-refractivity contribution >= 4 is 28.9 Å². The predicted molar refractivity (Wildman–Crippen MR) is 157 cm³/mol. The van der Waals surface area contributed by atoms with E-state index >= 15 is 0 Å². The largest absolute Gasteiger partial charge is 0.445 e. The maximum absolute atomic E-state index is 13.2. The number of carbonyl (C=O) groups is 3. The van der Waals surface area contributed by atoms with Crippen LogP contribution in [0.3, 0.4) is 0 Å². The summed E-state index contributed by atoms with van der Waals surface area (Å²) in [4.78, 5) is 53.7. The van der Waals surface area contributed by atoms with Crippen molar-refractivity contribution in [2.24, 2.45) is 7.05 Å². The fourth-order valence-electron chi connectivity index (χ4n) is 5.86. The lowest BCUT2D eigenvalue weighted by molar-refractivity contribution is -0.135. The van der Waals surface area contributed by atoms with Crippen molar-refractivity contribution in [2.75, 3.05) is 39.8 Å². The monoisotopic (exact) mass is 577 g/mol. The van der Waals surface area contributed by atoms with Gasteiger partial charge in [-0.1, -0.05) is 42.5 Å². The van der Waals surface area contributed by atoms with Crippen LogP contribution in [-0.4, -0.2) is 82.8 Å². The number of morpholine rings is 1. The van der Waals surface area contributed by atoms with E-state index in [1.807, 2.05) is 48.5 Å². The summed E-state index contributed by atoms with van der Waals surface area (Å²) in [6.45, 7) is 3.97. The lowest BCUT2D eigenvalue weighted by Gasteiger charge is -2.33. The van der Waals surface area contributed by atoms with Crippen LogP contribution in [0.15, 0.2) is 53.3 Å². The summed E-state index contributed by atoms with van der Waals surface area (Å²) in [6, 6.07) is 14.8. The summed E-state index contributed by atoms with van der Waals surface area (Å²) in [6.07, 6.45) is 2.63. The molecule has 2 saturated heterocycles. The van der Waals surface area contributed by atoms with Gasteiger partial charge in [-0.2, -0.15) is 0 Å². The number of imide groups is 1. The molecule has 0 radical (unpaired) electrons. The van der Waals surface area contributed by atoms with Crippen molar-refractivity contribution in [3.63, 3.8) is 0 Å². The average molecular weight is 578 g/mol. The highest BCUT2D eigenvalue weighted by molar-refractivity contribution is 6.00. The number of nitrogens with one attached hydrogen (secondary N) is 1. The van der Waals surface area contributed by atoms with Crippen LogP contribution in [0.5, 0.6) is 0 Å². The maximum atomic E-state index is 13.2. The molecule has 0 aliphatic carbocycles. The van der Waals surface area contributed by atoms with Gasteiger partial charge in [0.05, 0.1) is 23.7 Å². The topological polar surface area (TPSA) is 115 Å².